The van der Waals surface area contributed by atoms with E-state index in [2.05, 4.69) is 20.9 Å². The third kappa shape index (κ3) is 10.8. The molecule has 0 aliphatic heterocycles. The van der Waals surface area contributed by atoms with Gasteiger partial charge in [-0.25, -0.2) is 14.2 Å². The number of amides is 1. The first-order valence-electron chi connectivity index (χ1n) is 8.04. The van der Waals surface area contributed by atoms with E-state index in [0.29, 0.717) is 31.2 Å². The molecule has 0 aromatic heterocycles. The van der Waals surface area contributed by atoms with Crippen molar-refractivity contribution in [3.63, 3.8) is 0 Å². The molecule has 8 heteroatoms. The molecule has 0 aliphatic rings. The summed E-state index contributed by atoms with van der Waals surface area (Å²) in [7, 11) is 0. The molecule has 0 aliphatic carbocycles. The highest BCUT2D eigenvalue weighted by molar-refractivity contribution is 14.0. The quantitative estimate of drug-likeness (QED) is 0.261. The van der Waals surface area contributed by atoms with Crippen molar-refractivity contribution in [3.8, 4) is 0 Å². The number of benzene rings is 1. The van der Waals surface area contributed by atoms with Gasteiger partial charge in [-0.05, 0) is 33.8 Å². The molecule has 0 fully saturated rings. The number of alkyl carbamates (subject to hydrolysis) is 1. The number of aliphatic imine (C=N–C) groups is 1. The molecule has 0 heterocycles. The van der Waals surface area contributed by atoms with Crippen molar-refractivity contribution in [3.05, 3.63) is 35.6 Å². The first-order valence-corrected chi connectivity index (χ1v) is 8.04. The Bertz CT molecular complexity index is 562. The summed E-state index contributed by atoms with van der Waals surface area (Å²) in [6.45, 7) is 9.15. The number of hydrogen-bond acceptors (Lipinski definition) is 3. The number of carbonyl (C=O) groups excluding carboxylic acids is 1. The van der Waals surface area contributed by atoms with Crippen molar-refractivity contribution in [1.82, 2.24) is 16.0 Å². The Kier molecular flexibility index (Phi) is 11.1. The SMILES string of the molecule is CCNC(=NCc1ccccc1F)NCCNC(=O)OC(C)(C)C.I. The van der Waals surface area contributed by atoms with Crippen LogP contribution >= 0.6 is 24.0 Å². The van der Waals surface area contributed by atoms with Crippen molar-refractivity contribution in [2.24, 2.45) is 4.99 Å². The molecule has 25 heavy (non-hydrogen) atoms. The van der Waals surface area contributed by atoms with Crippen molar-refractivity contribution >= 4 is 36.0 Å². The second-order valence-corrected chi connectivity index (χ2v) is 6.14. The minimum Gasteiger partial charge on any atom is -0.444 e. The summed E-state index contributed by atoms with van der Waals surface area (Å²) < 4.78 is 18.7. The van der Waals surface area contributed by atoms with Crippen molar-refractivity contribution in [2.75, 3.05) is 19.6 Å². The van der Waals surface area contributed by atoms with Crippen LogP contribution in [-0.4, -0.2) is 37.3 Å². The summed E-state index contributed by atoms with van der Waals surface area (Å²) in [6.07, 6.45) is -0.461. The fourth-order valence-corrected chi connectivity index (χ4v) is 1.79. The van der Waals surface area contributed by atoms with Crippen LogP contribution < -0.4 is 16.0 Å². The van der Waals surface area contributed by atoms with Gasteiger partial charge in [0.15, 0.2) is 5.96 Å². The van der Waals surface area contributed by atoms with Gasteiger partial charge in [0, 0.05) is 25.2 Å². The number of hydrogen-bond donors (Lipinski definition) is 3. The number of guanidine groups is 1. The number of rotatable bonds is 6. The largest absolute Gasteiger partial charge is 0.444 e. The van der Waals surface area contributed by atoms with Gasteiger partial charge in [-0.1, -0.05) is 18.2 Å². The van der Waals surface area contributed by atoms with Crippen LogP contribution in [0.25, 0.3) is 0 Å². The molecular weight excluding hydrogens is 438 g/mol. The maximum Gasteiger partial charge on any atom is 0.407 e. The third-order valence-corrected chi connectivity index (χ3v) is 2.80. The normalized spacial score (nSPS) is 11.3. The zero-order valence-electron chi connectivity index (χ0n) is 15.2. The first-order chi connectivity index (χ1) is 11.3. The number of carbonyl (C=O) groups is 1. The molecule has 1 aromatic rings. The van der Waals surface area contributed by atoms with E-state index in [0.717, 1.165) is 0 Å². The van der Waals surface area contributed by atoms with Gasteiger partial charge >= 0.3 is 6.09 Å². The van der Waals surface area contributed by atoms with Crippen LogP contribution in [0.4, 0.5) is 9.18 Å². The third-order valence-electron chi connectivity index (χ3n) is 2.80. The summed E-state index contributed by atoms with van der Waals surface area (Å²) in [5.41, 5.74) is 0.00906. The van der Waals surface area contributed by atoms with E-state index < -0.39 is 11.7 Å². The molecule has 1 aromatic carbocycles. The van der Waals surface area contributed by atoms with Gasteiger partial charge < -0.3 is 20.7 Å². The average molecular weight is 466 g/mol. The van der Waals surface area contributed by atoms with Crippen LogP contribution in [0, 0.1) is 5.82 Å². The zero-order valence-corrected chi connectivity index (χ0v) is 17.5. The Balaban J connectivity index is 0.00000576. The molecular formula is C17H28FIN4O2. The zero-order chi connectivity index (χ0) is 18.0. The van der Waals surface area contributed by atoms with Crippen LogP contribution in [0.15, 0.2) is 29.3 Å². The number of halogens is 2. The van der Waals surface area contributed by atoms with Crippen LogP contribution in [0.2, 0.25) is 0 Å². The van der Waals surface area contributed by atoms with Gasteiger partial charge in [0.05, 0.1) is 6.54 Å². The molecule has 6 nitrogen and oxygen atoms in total. The molecule has 0 atom stereocenters. The van der Waals surface area contributed by atoms with E-state index in [1.165, 1.54) is 6.07 Å². The molecule has 0 saturated heterocycles. The summed E-state index contributed by atoms with van der Waals surface area (Å²) in [6, 6.07) is 6.54. The Hall–Kier alpha value is -1.58. The summed E-state index contributed by atoms with van der Waals surface area (Å²) in [5.74, 6) is 0.287. The highest BCUT2D eigenvalue weighted by Crippen LogP contribution is 2.07. The Morgan fingerprint density at radius 1 is 1.16 bits per heavy atom. The topological polar surface area (TPSA) is 74.8 Å². The molecule has 0 unspecified atom stereocenters. The van der Waals surface area contributed by atoms with E-state index in [1.807, 2.05) is 27.7 Å². The predicted octanol–water partition coefficient (Wildman–Crippen LogP) is 3.02. The predicted molar refractivity (Wildman–Crippen MR) is 109 cm³/mol. The molecule has 3 N–H and O–H groups in total. The standard InChI is InChI=1S/C17H27FN4O2.HI/c1-5-19-15(22-12-13-8-6-7-9-14(13)18)20-10-11-21-16(23)24-17(2,3)4;/h6-9H,5,10-12H2,1-4H3,(H,21,23)(H2,19,20,22);1H. The lowest BCUT2D eigenvalue weighted by molar-refractivity contribution is 0.0529. The second kappa shape index (κ2) is 11.9. The summed E-state index contributed by atoms with van der Waals surface area (Å²) in [4.78, 5) is 15.9. The Morgan fingerprint density at radius 3 is 2.40 bits per heavy atom. The molecule has 0 radical (unpaired) electrons. The van der Waals surface area contributed by atoms with E-state index in [9.17, 15) is 9.18 Å². The van der Waals surface area contributed by atoms with Crippen LogP contribution in [0.5, 0.6) is 0 Å². The molecule has 1 rings (SSSR count). The van der Waals surface area contributed by atoms with Crippen molar-refractivity contribution in [1.29, 1.82) is 0 Å². The van der Waals surface area contributed by atoms with Crippen LogP contribution in [-0.2, 0) is 11.3 Å². The summed E-state index contributed by atoms with van der Waals surface area (Å²) >= 11 is 0. The smallest absolute Gasteiger partial charge is 0.407 e. The van der Waals surface area contributed by atoms with E-state index in [4.69, 9.17) is 4.74 Å². The Morgan fingerprint density at radius 2 is 1.80 bits per heavy atom. The van der Waals surface area contributed by atoms with E-state index >= 15 is 0 Å². The maximum absolute atomic E-state index is 13.6. The molecule has 0 bridgehead atoms. The van der Waals surface area contributed by atoms with Crippen molar-refractivity contribution < 1.29 is 13.9 Å². The first kappa shape index (κ1) is 23.4. The number of ether oxygens (including phenoxy) is 1. The van der Waals surface area contributed by atoms with Crippen LogP contribution in [0.1, 0.15) is 33.3 Å². The highest BCUT2D eigenvalue weighted by atomic mass is 127. The minimum absolute atomic E-state index is 0. The molecule has 0 spiro atoms. The van der Waals surface area contributed by atoms with E-state index in [1.54, 1.807) is 18.2 Å². The molecule has 142 valence electrons. The van der Waals surface area contributed by atoms with Gasteiger partial charge in [-0.15, -0.1) is 24.0 Å². The van der Waals surface area contributed by atoms with Crippen molar-refractivity contribution in [2.45, 2.75) is 39.8 Å². The number of nitrogens with one attached hydrogen (secondary N) is 3. The second-order valence-electron chi connectivity index (χ2n) is 6.14. The summed E-state index contributed by atoms with van der Waals surface area (Å²) in [5, 5.41) is 8.80. The van der Waals surface area contributed by atoms with Gasteiger partial charge in [-0.2, -0.15) is 0 Å². The van der Waals surface area contributed by atoms with Gasteiger partial charge in [0.1, 0.15) is 11.4 Å². The van der Waals surface area contributed by atoms with E-state index in [-0.39, 0.29) is 36.3 Å². The van der Waals surface area contributed by atoms with Crippen LogP contribution in [0.3, 0.4) is 0 Å². The fraction of sp³-hybridized carbons (Fsp3) is 0.529. The number of nitrogens with zero attached hydrogens (tertiary/aromatic N) is 1. The molecule has 1 amide bonds. The lowest BCUT2D eigenvalue weighted by Gasteiger charge is -2.19. The van der Waals surface area contributed by atoms with Gasteiger partial charge in [0.25, 0.3) is 0 Å². The molecule has 0 saturated carbocycles. The average Bonchev–Trinajstić information content (AvgIpc) is 2.48. The lowest BCUT2D eigenvalue weighted by Crippen LogP contribution is -2.42. The minimum atomic E-state index is -0.520. The lowest BCUT2D eigenvalue weighted by atomic mass is 10.2. The maximum atomic E-state index is 13.6. The van der Waals surface area contributed by atoms with Gasteiger partial charge in [-0.3, -0.25) is 0 Å². The van der Waals surface area contributed by atoms with Gasteiger partial charge in [0.2, 0.25) is 0 Å². The monoisotopic (exact) mass is 466 g/mol. The Labute approximate surface area is 166 Å². The fourth-order valence-electron chi connectivity index (χ4n) is 1.79. The highest BCUT2D eigenvalue weighted by Gasteiger charge is 2.15.